The zero-order valence-corrected chi connectivity index (χ0v) is 9.04. The number of hydrogen-bond donors (Lipinski definition) is 2. The van der Waals surface area contributed by atoms with Gasteiger partial charge in [-0.15, -0.1) is 0 Å². The number of nitrogens with two attached hydrogens (primary N) is 1. The maximum Gasteiger partial charge on any atom is 0.194 e. The molecule has 4 heteroatoms. The van der Waals surface area contributed by atoms with Crippen molar-refractivity contribution in [3.05, 3.63) is 17.8 Å². The lowest BCUT2D eigenvalue weighted by molar-refractivity contribution is 0.368. The summed E-state index contributed by atoms with van der Waals surface area (Å²) < 4.78 is 5.73. The minimum Gasteiger partial charge on any atom is -0.445 e. The summed E-state index contributed by atoms with van der Waals surface area (Å²) in [5.74, 6) is 2.46. The van der Waals surface area contributed by atoms with Crippen LogP contribution in [0.3, 0.4) is 0 Å². The number of aryl methyl sites for hydroxylation is 1. The third kappa shape index (κ3) is 2.79. The molecule has 15 heavy (non-hydrogen) atoms. The number of rotatable bonds is 4. The number of hydrogen-bond acceptors (Lipinski definition) is 4. The molecule has 1 aromatic rings. The molecule has 2 heterocycles. The van der Waals surface area contributed by atoms with E-state index in [0.717, 1.165) is 50.4 Å². The molecular weight excluding hydrogens is 190 g/mol. The van der Waals surface area contributed by atoms with Crippen molar-refractivity contribution in [2.24, 2.45) is 5.73 Å². The second-order valence-corrected chi connectivity index (χ2v) is 4.07. The lowest BCUT2D eigenvalue weighted by atomic mass is 9.96. The molecule has 2 rings (SSSR count). The van der Waals surface area contributed by atoms with Gasteiger partial charge in [0, 0.05) is 12.3 Å². The van der Waals surface area contributed by atoms with Gasteiger partial charge >= 0.3 is 0 Å². The molecule has 84 valence electrons. The molecule has 0 radical (unpaired) electrons. The van der Waals surface area contributed by atoms with E-state index in [2.05, 4.69) is 10.3 Å². The van der Waals surface area contributed by atoms with Crippen LogP contribution < -0.4 is 11.1 Å². The molecule has 1 aromatic heterocycles. The molecule has 0 amide bonds. The van der Waals surface area contributed by atoms with Crippen LogP contribution in [0.25, 0.3) is 0 Å². The van der Waals surface area contributed by atoms with Crippen LogP contribution in [-0.2, 0) is 6.42 Å². The molecular formula is C11H19N3O. The number of oxazole rings is 1. The normalized spacial score (nSPS) is 18.2. The average molecular weight is 209 g/mol. The van der Waals surface area contributed by atoms with Gasteiger partial charge in [0.25, 0.3) is 0 Å². The van der Waals surface area contributed by atoms with Crippen molar-refractivity contribution in [2.45, 2.75) is 31.6 Å². The van der Waals surface area contributed by atoms with E-state index in [0.29, 0.717) is 12.5 Å². The van der Waals surface area contributed by atoms with Crippen LogP contribution >= 0.6 is 0 Å². The van der Waals surface area contributed by atoms with Crippen LogP contribution in [0.1, 0.15) is 36.8 Å². The van der Waals surface area contributed by atoms with Crippen LogP contribution in [0.5, 0.6) is 0 Å². The Kier molecular flexibility index (Phi) is 3.75. The first kappa shape index (κ1) is 10.6. The number of piperidine rings is 1. The predicted octanol–water partition coefficient (Wildman–Crippen LogP) is 1.03. The third-order valence-corrected chi connectivity index (χ3v) is 2.91. The molecule has 1 aliphatic heterocycles. The van der Waals surface area contributed by atoms with Gasteiger partial charge in [0.05, 0.1) is 6.20 Å². The van der Waals surface area contributed by atoms with Crippen molar-refractivity contribution >= 4 is 0 Å². The van der Waals surface area contributed by atoms with Crippen molar-refractivity contribution in [3.8, 4) is 0 Å². The molecule has 4 nitrogen and oxygen atoms in total. The second kappa shape index (κ2) is 5.28. The molecule has 0 bridgehead atoms. The Morgan fingerprint density at radius 3 is 3.00 bits per heavy atom. The van der Waals surface area contributed by atoms with Gasteiger partial charge in [-0.1, -0.05) is 0 Å². The smallest absolute Gasteiger partial charge is 0.194 e. The molecule has 3 N–H and O–H groups in total. The van der Waals surface area contributed by atoms with Gasteiger partial charge in [0.1, 0.15) is 5.76 Å². The molecule has 1 saturated heterocycles. The fourth-order valence-corrected chi connectivity index (χ4v) is 1.99. The summed E-state index contributed by atoms with van der Waals surface area (Å²) in [4.78, 5) is 4.29. The first-order chi connectivity index (χ1) is 7.40. The highest BCUT2D eigenvalue weighted by Gasteiger charge is 2.18. The van der Waals surface area contributed by atoms with Crippen LogP contribution in [0.4, 0.5) is 0 Å². The van der Waals surface area contributed by atoms with E-state index in [1.165, 1.54) is 0 Å². The summed E-state index contributed by atoms with van der Waals surface area (Å²) in [6.07, 6.45) is 6.02. The van der Waals surface area contributed by atoms with Crippen molar-refractivity contribution in [1.82, 2.24) is 10.3 Å². The maximum absolute atomic E-state index is 5.73. The summed E-state index contributed by atoms with van der Waals surface area (Å²) in [6.45, 7) is 2.87. The van der Waals surface area contributed by atoms with Crippen LogP contribution in [0, 0.1) is 0 Å². The van der Waals surface area contributed by atoms with E-state index in [1.807, 2.05) is 6.20 Å². The van der Waals surface area contributed by atoms with Gasteiger partial charge in [0.2, 0.25) is 0 Å². The van der Waals surface area contributed by atoms with Crippen molar-refractivity contribution in [1.29, 1.82) is 0 Å². The summed E-state index contributed by atoms with van der Waals surface area (Å²) >= 11 is 0. The Hall–Kier alpha value is -0.870. The fraction of sp³-hybridized carbons (Fsp3) is 0.727. The van der Waals surface area contributed by atoms with Crippen LogP contribution in [0.2, 0.25) is 0 Å². The molecule has 0 spiro atoms. The van der Waals surface area contributed by atoms with Gasteiger partial charge in [-0.05, 0) is 38.9 Å². The summed E-state index contributed by atoms with van der Waals surface area (Å²) in [6, 6.07) is 0. The van der Waals surface area contributed by atoms with E-state index in [-0.39, 0.29) is 0 Å². The standard InChI is InChI=1S/C11H19N3O/c12-5-1-2-11-14-8-10(15-11)9-3-6-13-7-4-9/h8-9,13H,1-7,12H2. The molecule has 0 atom stereocenters. The summed E-state index contributed by atoms with van der Waals surface area (Å²) in [5, 5.41) is 3.35. The zero-order valence-electron chi connectivity index (χ0n) is 9.04. The Balaban J connectivity index is 1.93. The molecule has 1 aliphatic rings. The second-order valence-electron chi connectivity index (χ2n) is 4.07. The van der Waals surface area contributed by atoms with Gasteiger partial charge in [0.15, 0.2) is 5.89 Å². The van der Waals surface area contributed by atoms with Crippen molar-refractivity contribution in [3.63, 3.8) is 0 Å². The van der Waals surface area contributed by atoms with Crippen LogP contribution in [-0.4, -0.2) is 24.6 Å². The van der Waals surface area contributed by atoms with E-state index in [9.17, 15) is 0 Å². The highest BCUT2D eigenvalue weighted by atomic mass is 16.4. The van der Waals surface area contributed by atoms with Gasteiger partial charge in [-0.2, -0.15) is 0 Å². The quantitative estimate of drug-likeness (QED) is 0.777. The Morgan fingerprint density at radius 2 is 2.27 bits per heavy atom. The Labute approximate surface area is 90.2 Å². The molecule has 1 fully saturated rings. The minimum absolute atomic E-state index is 0.561. The number of nitrogens with zero attached hydrogens (tertiary/aromatic N) is 1. The van der Waals surface area contributed by atoms with E-state index in [1.54, 1.807) is 0 Å². The predicted molar refractivity (Wildman–Crippen MR) is 58.7 cm³/mol. The van der Waals surface area contributed by atoms with Gasteiger partial charge in [-0.3, -0.25) is 0 Å². The minimum atomic E-state index is 0.561. The summed E-state index contributed by atoms with van der Waals surface area (Å²) in [5.41, 5.74) is 5.45. The van der Waals surface area contributed by atoms with Crippen LogP contribution in [0.15, 0.2) is 10.6 Å². The number of aromatic nitrogens is 1. The molecule has 0 aromatic carbocycles. The SMILES string of the molecule is NCCCc1ncc(C2CCNCC2)o1. The lowest BCUT2D eigenvalue weighted by Gasteiger charge is -2.19. The van der Waals surface area contributed by atoms with Crippen molar-refractivity contribution in [2.75, 3.05) is 19.6 Å². The monoisotopic (exact) mass is 209 g/mol. The van der Waals surface area contributed by atoms with E-state index >= 15 is 0 Å². The zero-order chi connectivity index (χ0) is 10.5. The molecule has 0 aliphatic carbocycles. The largest absolute Gasteiger partial charge is 0.445 e. The first-order valence-corrected chi connectivity index (χ1v) is 5.75. The van der Waals surface area contributed by atoms with E-state index < -0.39 is 0 Å². The molecule has 0 unspecified atom stereocenters. The van der Waals surface area contributed by atoms with Gasteiger partial charge < -0.3 is 15.5 Å². The topological polar surface area (TPSA) is 64.1 Å². The highest BCUT2D eigenvalue weighted by molar-refractivity contribution is 5.03. The number of nitrogens with one attached hydrogen (secondary N) is 1. The lowest BCUT2D eigenvalue weighted by Crippen LogP contribution is -2.26. The highest BCUT2D eigenvalue weighted by Crippen LogP contribution is 2.25. The first-order valence-electron chi connectivity index (χ1n) is 5.75. The van der Waals surface area contributed by atoms with Crippen molar-refractivity contribution < 1.29 is 4.42 Å². The third-order valence-electron chi connectivity index (χ3n) is 2.91. The van der Waals surface area contributed by atoms with E-state index in [4.69, 9.17) is 10.2 Å². The Bertz CT molecular complexity index is 292. The average Bonchev–Trinajstić information content (AvgIpc) is 2.76. The van der Waals surface area contributed by atoms with Gasteiger partial charge in [-0.25, -0.2) is 4.98 Å². The Morgan fingerprint density at radius 1 is 1.47 bits per heavy atom. The molecule has 0 saturated carbocycles. The maximum atomic E-state index is 5.73. The summed E-state index contributed by atoms with van der Waals surface area (Å²) in [7, 11) is 0. The fourth-order valence-electron chi connectivity index (χ4n) is 1.99.